The van der Waals surface area contributed by atoms with Crippen molar-refractivity contribution in [2.75, 3.05) is 6.26 Å². The lowest BCUT2D eigenvalue weighted by Crippen LogP contribution is -2.35. The molecule has 2 rings (SSSR count). The molecule has 0 radical (unpaired) electrons. The maximum atomic E-state index is 12.1. The molecule has 112 valence electrons. The smallest absolute Gasteiger partial charge is 0.251 e. The highest BCUT2D eigenvalue weighted by molar-refractivity contribution is 7.90. The van der Waals surface area contributed by atoms with Gasteiger partial charge in [0.1, 0.15) is 0 Å². The Hall–Kier alpha value is -2.15. The summed E-state index contributed by atoms with van der Waals surface area (Å²) in [5, 5.41) is 2.86. The van der Waals surface area contributed by atoms with Crippen molar-refractivity contribution in [1.82, 2.24) is 14.9 Å². The zero-order valence-electron chi connectivity index (χ0n) is 11.9. The highest BCUT2D eigenvalue weighted by Crippen LogP contribution is 2.10. The van der Waals surface area contributed by atoms with Crippen molar-refractivity contribution >= 4 is 15.7 Å². The van der Waals surface area contributed by atoms with Crippen molar-refractivity contribution in [3.63, 3.8) is 0 Å². The van der Waals surface area contributed by atoms with Gasteiger partial charge in [0.25, 0.3) is 5.91 Å². The molecule has 2 aromatic rings. The average molecular weight is 307 g/mol. The fourth-order valence-electron chi connectivity index (χ4n) is 1.92. The van der Waals surface area contributed by atoms with E-state index in [2.05, 4.69) is 10.3 Å². The zero-order valence-corrected chi connectivity index (χ0v) is 12.7. The van der Waals surface area contributed by atoms with Gasteiger partial charge in [-0.25, -0.2) is 13.4 Å². The van der Waals surface area contributed by atoms with Crippen LogP contribution in [-0.2, 0) is 16.4 Å². The molecule has 6 nitrogen and oxygen atoms in total. The van der Waals surface area contributed by atoms with Crippen LogP contribution in [0, 0.1) is 0 Å². The van der Waals surface area contributed by atoms with E-state index < -0.39 is 9.84 Å². The van der Waals surface area contributed by atoms with Crippen LogP contribution in [0.3, 0.4) is 0 Å². The first-order valence-corrected chi connectivity index (χ1v) is 8.32. The molecule has 0 aliphatic carbocycles. The normalized spacial score (nSPS) is 12.9. The van der Waals surface area contributed by atoms with Gasteiger partial charge in [0.15, 0.2) is 9.84 Å². The molecule has 0 unspecified atom stereocenters. The summed E-state index contributed by atoms with van der Waals surface area (Å²) in [6, 6.07) is 5.82. The van der Waals surface area contributed by atoms with E-state index in [9.17, 15) is 13.2 Å². The molecule has 0 spiro atoms. The Labute approximate surface area is 123 Å². The number of hydrogen-bond donors (Lipinski definition) is 1. The van der Waals surface area contributed by atoms with Crippen LogP contribution in [0.5, 0.6) is 0 Å². The van der Waals surface area contributed by atoms with Gasteiger partial charge in [-0.05, 0) is 31.2 Å². The maximum Gasteiger partial charge on any atom is 0.251 e. The largest absolute Gasteiger partial charge is 0.348 e. The predicted octanol–water partition coefficient (Wildman–Crippen LogP) is 1.11. The summed E-state index contributed by atoms with van der Waals surface area (Å²) >= 11 is 0. The van der Waals surface area contributed by atoms with Crippen molar-refractivity contribution in [3.05, 3.63) is 48.5 Å². The highest BCUT2D eigenvalue weighted by Gasteiger charge is 2.12. The molecule has 0 aliphatic heterocycles. The van der Waals surface area contributed by atoms with E-state index in [0.717, 1.165) is 6.26 Å². The minimum absolute atomic E-state index is 0.0683. The number of nitrogens with zero attached hydrogens (tertiary/aromatic N) is 2. The maximum absolute atomic E-state index is 12.1. The van der Waals surface area contributed by atoms with E-state index in [1.165, 1.54) is 24.3 Å². The van der Waals surface area contributed by atoms with E-state index in [-0.39, 0.29) is 16.8 Å². The van der Waals surface area contributed by atoms with E-state index in [1.807, 2.05) is 17.7 Å². The molecule has 0 fully saturated rings. The third-order valence-electron chi connectivity index (χ3n) is 2.97. The first kappa shape index (κ1) is 15.2. The Kier molecular flexibility index (Phi) is 4.42. The molecule has 0 aliphatic rings. The number of rotatable bonds is 5. The molecule has 1 heterocycles. The number of nitrogens with one attached hydrogen (secondary N) is 1. The quantitative estimate of drug-likeness (QED) is 0.897. The highest BCUT2D eigenvalue weighted by atomic mass is 32.2. The summed E-state index contributed by atoms with van der Waals surface area (Å²) in [5.41, 5.74) is 0.430. The second kappa shape index (κ2) is 6.09. The number of amides is 1. The topological polar surface area (TPSA) is 81.1 Å². The lowest BCUT2D eigenvalue weighted by atomic mass is 10.2. The molecule has 7 heteroatoms. The first-order chi connectivity index (χ1) is 9.86. The monoisotopic (exact) mass is 307 g/mol. The number of sulfone groups is 1. The lowest BCUT2D eigenvalue weighted by Gasteiger charge is -2.14. The van der Waals surface area contributed by atoms with Crippen LogP contribution in [0.15, 0.2) is 47.9 Å². The van der Waals surface area contributed by atoms with Gasteiger partial charge in [0.2, 0.25) is 0 Å². The third-order valence-corrected chi connectivity index (χ3v) is 4.09. The second-order valence-corrected chi connectivity index (χ2v) is 6.95. The third kappa shape index (κ3) is 4.16. The van der Waals surface area contributed by atoms with Crippen molar-refractivity contribution in [2.45, 2.75) is 24.4 Å². The summed E-state index contributed by atoms with van der Waals surface area (Å²) in [4.78, 5) is 16.2. The number of hydrogen-bond acceptors (Lipinski definition) is 4. The van der Waals surface area contributed by atoms with Gasteiger partial charge in [-0.1, -0.05) is 0 Å². The molecule has 0 bridgehead atoms. The lowest BCUT2D eigenvalue weighted by molar-refractivity contribution is 0.0936. The number of benzene rings is 1. The molecule has 1 aromatic carbocycles. The van der Waals surface area contributed by atoms with Gasteiger partial charge in [-0.2, -0.15) is 0 Å². The van der Waals surface area contributed by atoms with Crippen LogP contribution in [0.4, 0.5) is 0 Å². The minimum Gasteiger partial charge on any atom is -0.348 e. The summed E-state index contributed by atoms with van der Waals surface area (Å²) < 4.78 is 24.6. The molecule has 0 saturated heterocycles. The summed E-state index contributed by atoms with van der Waals surface area (Å²) in [7, 11) is -3.24. The van der Waals surface area contributed by atoms with E-state index in [1.54, 1.807) is 12.5 Å². The van der Waals surface area contributed by atoms with Crippen LogP contribution < -0.4 is 5.32 Å². The van der Waals surface area contributed by atoms with Crippen molar-refractivity contribution in [1.29, 1.82) is 0 Å². The van der Waals surface area contributed by atoms with E-state index >= 15 is 0 Å². The number of carbonyl (C=O) groups excluding carboxylic acids is 1. The molecule has 1 atom stereocenters. The Morgan fingerprint density at radius 2 is 2.00 bits per heavy atom. The Morgan fingerprint density at radius 1 is 1.33 bits per heavy atom. The van der Waals surface area contributed by atoms with Gasteiger partial charge in [0, 0.05) is 36.8 Å². The second-order valence-electron chi connectivity index (χ2n) is 4.93. The first-order valence-electron chi connectivity index (χ1n) is 6.43. The van der Waals surface area contributed by atoms with Gasteiger partial charge < -0.3 is 9.88 Å². The van der Waals surface area contributed by atoms with Crippen LogP contribution in [-0.4, -0.2) is 36.2 Å². The predicted molar refractivity (Wildman–Crippen MR) is 78.7 cm³/mol. The van der Waals surface area contributed by atoms with Crippen LogP contribution in [0.25, 0.3) is 0 Å². The molecule has 1 N–H and O–H groups in total. The zero-order chi connectivity index (χ0) is 15.5. The Morgan fingerprint density at radius 3 is 2.52 bits per heavy atom. The summed E-state index contributed by atoms with van der Waals surface area (Å²) in [5.74, 6) is -0.234. The van der Waals surface area contributed by atoms with Crippen molar-refractivity contribution in [3.8, 4) is 0 Å². The number of imidazole rings is 1. The molecule has 0 saturated carbocycles. The van der Waals surface area contributed by atoms with Crippen LogP contribution >= 0.6 is 0 Å². The van der Waals surface area contributed by atoms with Crippen LogP contribution in [0.2, 0.25) is 0 Å². The molecule has 1 amide bonds. The molecule has 1 aromatic heterocycles. The van der Waals surface area contributed by atoms with Crippen molar-refractivity contribution in [2.24, 2.45) is 0 Å². The summed E-state index contributed by atoms with van der Waals surface area (Å²) in [6.07, 6.45) is 6.32. The van der Waals surface area contributed by atoms with Gasteiger partial charge in [-0.3, -0.25) is 4.79 Å². The molecular formula is C14H17N3O3S. The van der Waals surface area contributed by atoms with Crippen LogP contribution in [0.1, 0.15) is 17.3 Å². The van der Waals surface area contributed by atoms with Crippen molar-refractivity contribution < 1.29 is 13.2 Å². The Balaban J connectivity index is 2.00. The fraction of sp³-hybridized carbons (Fsp3) is 0.286. The van der Waals surface area contributed by atoms with Gasteiger partial charge >= 0.3 is 0 Å². The molecular weight excluding hydrogens is 290 g/mol. The fourth-order valence-corrected chi connectivity index (χ4v) is 2.55. The summed E-state index contributed by atoms with van der Waals surface area (Å²) in [6.45, 7) is 2.51. The SMILES string of the molecule is C[C@@H](Cn1ccnc1)NC(=O)c1ccc(S(C)(=O)=O)cc1. The average Bonchev–Trinajstić information content (AvgIpc) is 2.90. The molecule has 21 heavy (non-hydrogen) atoms. The van der Waals surface area contributed by atoms with Gasteiger partial charge in [-0.15, -0.1) is 0 Å². The number of carbonyl (C=O) groups is 1. The van der Waals surface area contributed by atoms with E-state index in [4.69, 9.17) is 0 Å². The minimum atomic E-state index is -3.24. The van der Waals surface area contributed by atoms with Gasteiger partial charge in [0.05, 0.1) is 11.2 Å². The van der Waals surface area contributed by atoms with E-state index in [0.29, 0.717) is 12.1 Å². The standard InChI is InChI=1S/C14H17N3O3S/c1-11(9-17-8-7-15-10-17)16-14(18)12-3-5-13(6-4-12)21(2,19)20/h3-8,10-11H,9H2,1-2H3,(H,16,18)/t11-/m0/s1. The number of aromatic nitrogens is 2. The Bertz CT molecular complexity index is 706.